The summed E-state index contributed by atoms with van der Waals surface area (Å²) < 4.78 is 2.37. The fourth-order valence-corrected chi connectivity index (χ4v) is 6.21. The number of rotatable bonds is 5. The summed E-state index contributed by atoms with van der Waals surface area (Å²) in [5.74, 6) is 0. The van der Waals surface area contributed by atoms with Crippen LogP contribution in [0.1, 0.15) is 26.3 Å². The van der Waals surface area contributed by atoms with E-state index >= 15 is 0 Å². The number of hydrogen-bond acceptors (Lipinski definition) is 0. The minimum Gasteiger partial charge on any atom is -0.309 e. The molecule has 5 aromatic carbocycles. The Bertz CT molecular complexity index is 2030. The molecule has 0 fully saturated rings. The molecule has 1 heteroatoms. The summed E-state index contributed by atoms with van der Waals surface area (Å²) in [5.41, 5.74) is 8.50. The largest absolute Gasteiger partial charge is 0.309 e. The van der Waals surface area contributed by atoms with E-state index in [1.165, 1.54) is 59.7 Å². The maximum Gasteiger partial charge on any atom is 0.0541 e. The van der Waals surface area contributed by atoms with Crippen molar-refractivity contribution in [3.63, 3.8) is 0 Å². The smallest absolute Gasteiger partial charge is 0.0541 e. The predicted octanol–water partition coefficient (Wildman–Crippen LogP) is 9.35. The van der Waals surface area contributed by atoms with Crippen molar-refractivity contribution in [3.8, 4) is 16.8 Å². The Labute approximate surface area is 236 Å². The number of hydrogen-bond donors (Lipinski definition) is 0. The van der Waals surface area contributed by atoms with Crippen LogP contribution < -0.4 is 10.4 Å². The lowest BCUT2D eigenvalue weighted by molar-refractivity contribution is 1.18. The molecule has 0 aliphatic carbocycles. The third-order valence-electron chi connectivity index (χ3n) is 7.80. The molecule has 0 N–H and O–H groups in total. The summed E-state index contributed by atoms with van der Waals surface area (Å²) >= 11 is 0. The van der Waals surface area contributed by atoms with Crippen LogP contribution in [0.15, 0.2) is 128 Å². The maximum atomic E-state index is 3.99. The van der Waals surface area contributed by atoms with Gasteiger partial charge in [-0.05, 0) is 88.5 Å². The van der Waals surface area contributed by atoms with Crippen molar-refractivity contribution >= 4 is 50.3 Å². The SMILES string of the molecule is C=C/C=C(\C=C/C)c1c(=C/C)/c(=C\C)c(-c2ccc(-n3c4ccccc4c4ccccc43)cc2)c2ccccc12. The molecule has 40 heavy (non-hydrogen) atoms. The topological polar surface area (TPSA) is 4.93 Å². The van der Waals surface area contributed by atoms with Gasteiger partial charge in [0.05, 0.1) is 11.0 Å². The molecule has 0 amide bonds. The lowest BCUT2D eigenvalue weighted by Gasteiger charge is -2.17. The van der Waals surface area contributed by atoms with Crippen molar-refractivity contribution in [1.82, 2.24) is 4.57 Å². The Kier molecular flexibility index (Phi) is 6.80. The number of allylic oxidation sites excluding steroid dienone is 5. The van der Waals surface area contributed by atoms with E-state index in [0.717, 1.165) is 11.3 Å². The summed E-state index contributed by atoms with van der Waals surface area (Å²) in [6, 6.07) is 35.2. The van der Waals surface area contributed by atoms with Crippen LogP contribution in [0, 0.1) is 0 Å². The van der Waals surface area contributed by atoms with Crippen LogP contribution in [0.2, 0.25) is 0 Å². The Balaban J connectivity index is 1.63. The Morgan fingerprint density at radius 3 is 1.73 bits per heavy atom. The number of para-hydroxylation sites is 2. The molecule has 6 rings (SSSR count). The van der Waals surface area contributed by atoms with E-state index in [4.69, 9.17) is 0 Å². The second-order valence-electron chi connectivity index (χ2n) is 9.97. The van der Waals surface area contributed by atoms with Crippen LogP contribution in [-0.4, -0.2) is 4.57 Å². The highest BCUT2D eigenvalue weighted by molar-refractivity contribution is 6.09. The van der Waals surface area contributed by atoms with Crippen molar-refractivity contribution in [2.75, 3.05) is 0 Å². The summed E-state index contributed by atoms with van der Waals surface area (Å²) in [7, 11) is 0. The molecular formula is C39H33N. The van der Waals surface area contributed by atoms with Crippen molar-refractivity contribution in [3.05, 3.63) is 144 Å². The van der Waals surface area contributed by atoms with Gasteiger partial charge in [-0.2, -0.15) is 0 Å². The number of aromatic nitrogens is 1. The first-order chi connectivity index (χ1) is 19.7. The number of nitrogens with zero attached hydrogens (tertiary/aromatic N) is 1. The van der Waals surface area contributed by atoms with E-state index in [0.29, 0.717) is 0 Å². The van der Waals surface area contributed by atoms with Gasteiger partial charge < -0.3 is 4.57 Å². The normalized spacial score (nSPS) is 13.3. The molecule has 0 aliphatic rings. The molecule has 194 valence electrons. The third-order valence-corrected chi connectivity index (χ3v) is 7.80. The lowest BCUT2D eigenvalue weighted by Crippen LogP contribution is -2.30. The molecule has 0 saturated heterocycles. The number of fused-ring (bicyclic) bond motifs is 4. The minimum atomic E-state index is 1.16. The monoisotopic (exact) mass is 515 g/mol. The average molecular weight is 516 g/mol. The van der Waals surface area contributed by atoms with Gasteiger partial charge in [0.2, 0.25) is 0 Å². The molecule has 1 nitrogen and oxygen atoms in total. The molecule has 1 aromatic heterocycles. The molecule has 1 heterocycles. The Hall–Kier alpha value is -4.88. The van der Waals surface area contributed by atoms with Gasteiger partial charge in [0.15, 0.2) is 0 Å². The second-order valence-corrected chi connectivity index (χ2v) is 9.97. The highest BCUT2D eigenvalue weighted by atomic mass is 15.0. The van der Waals surface area contributed by atoms with Gasteiger partial charge >= 0.3 is 0 Å². The van der Waals surface area contributed by atoms with Gasteiger partial charge in [-0.15, -0.1) is 0 Å². The van der Waals surface area contributed by atoms with E-state index in [1.807, 2.05) is 6.08 Å². The summed E-state index contributed by atoms with van der Waals surface area (Å²) in [6.45, 7) is 10.3. The molecule has 0 bridgehead atoms. The second kappa shape index (κ2) is 10.7. The summed E-state index contributed by atoms with van der Waals surface area (Å²) in [6.07, 6.45) is 12.8. The Morgan fingerprint density at radius 2 is 1.18 bits per heavy atom. The third kappa shape index (κ3) is 4.03. The highest BCUT2D eigenvalue weighted by Gasteiger charge is 2.16. The van der Waals surface area contributed by atoms with E-state index in [1.54, 1.807) is 0 Å². The minimum absolute atomic E-state index is 1.16. The van der Waals surface area contributed by atoms with Gasteiger partial charge in [-0.3, -0.25) is 0 Å². The molecular weight excluding hydrogens is 482 g/mol. The first-order valence-corrected chi connectivity index (χ1v) is 13.9. The molecule has 0 atom stereocenters. The molecule has 6 aromatic rings. The summed E-state index contributed by atoms with van der Waals surface area (Å²) in [5, 5.41) is 7.54. The number of benzene rings is 5. The van der Waals surface area contributed by atoms with Crippen molar-refractivity contribution in [1.29, 1.82) is 0 Å². The van der Waals surface area contributed by atoms with Crippen molar-refractivity contribution in [2.24, 2.45) is 0 Å². The van der Waals surface area contributed by atoms with Crippen LogP contribution in [-0.2, 0) is 0 Å². The summed E-state index contributed by atoms with van der Waals surface area (Å²) in [4.78, 5) is 0. The van der Waals surface area contributed by atoms with Crippen LogP contribution in [0.5, 0.6) is 0 Å². The van der Waals surface area contributed by atoms with Crippen molar-refractivity contribution < 1.29 is 0 Å². The highest BCUT2D eigenvalue weighted by Crippen LogP contribution is 2.34. The predicted molar refractivity (Wildman–Crippen MR) is 176 cm³/mol. The van der Waals surface area contributed by atoms with Gasteiger partial charge in [0.1, 0.15) is 0 Å². The first-order valence-electron chi connectivity index (χ1n) is 13.9. The quantitative estimate of drug-likeness (QED) is 0.202. The van der Waals surface area contributed by atoms with Crippen LogP contribution in [0.25, 0.3) is 67.1 Å². The van der Waals surface area contributed by atoms with Crippen LogP contribution >= 0.6 is 0 Å². The van der Waals surface area contributed by atoms with E-state index in [2.05, 4.69) is 159 Å². The van der Waals surface area contributed by atoms with E-state index in [9.17, 15) is 0 Å². The van der Waals surface area contributed by atoms with Gasteiger partial charge in [0.25, 0.3) is 0 Å². The average Bonchev–Trinajstić information content (AvgIpc) is 3.34. The van der Waals surface area contributed by atoms with Crippen LogP contribution in [0.3, 0.4) is 0 Å². The Morgan fingerprint density at radius 1 is 0.625 bits per heavy atom. The van der Waals surface area contributed by atoms with E-state index < -0.39 is 0 Å². The zero-order valence-electron chi connectivity index (χ0n) is 23.4. The van der Waals surface area contributed by atoms with Gasteiger partial charge in [-0.25, -0.2) is 0 Å². The molecule has 0 saturated carbocycles. The molecule has 0 aliphatic heterocycles. The fraction of sp³-hybridized carbons (Fsp3) is 0.0769. The zero-order chi connectivity index (χ0) is 27.6. The molecule has 0 spiro atoms. The molecule has 0 unspecified atom stereocenters. The molecule has 0 radical (unpaired) electrons. The van der Waals surface area contributed by atoms with Gasteiger partial charge in [0, 0.05) is 16.5 Å². The van der Waals surface area contributed by atoms with E-state index in [-0.39, 0.29) is 0 Å². The van der Waals surface area contributed by atoms with Crippen molar-refractivity contribution in [2.45, 2.75) is 20.8 Å². The first kappa shape index (κ1) is 25.4. The maximum absolute atomic E-state index is 3.99. The van der Waals surface area contributed by atoms with Gasteiger partial charge in [-0.1, -0.05) is 116 Å². The zero-order valence-corrected chi connectivity index (χ0v) is 23.4. The van der Waals surface area contributed by atoms with Crippen LogP contribution in [0.4, 0.5) is 0 Å². The standard InChI is InChI=1S/C39H33N/c1-5-15-27(16-6-2)38-30(7-3)31(8-4)39(35-20-10-9-19-34(35)38)28-23-25-29(26-24-28)40-36-21-13-11-17-32(36)33-18-12-14-22-37(33)40/h5-26H,1H2,2-4H3/b16-6-,27-15+,30-7+,31-8+. The fourth-order valence-electron chi connectivity index (χ4n) is 6.21. The lowest BCUT2D eigenvalue weighted by atomic mass is 9.87.